The number of fused-ring (bicyclic) bond motifs is 1. The minimum absolute atomic E-state index is 0.132. The van der Waals surface area contributed by atoms with Crippen LogP contribution in [0.25, 0.3) is 10.9 Å². The van der Waals surface area contributed by atoms with Gasteiger partial charge in [-0.15, -0.1) is 0 Å². The molecule has 4 nitrogen and oxygen atoms in total. The van der Waals surface area contributed by atoms with Crippen molar-refractivity contribution >= 4 is 16.8 Å². The van der Waals surface area contributed by atoms with Gasteiger partial charge in [0.15, 0.2) is 0 Å². The summed E-state index contributed by atoms with van der Waals surface area (Å²) in [6.45, 7) is 3.80. The summed E-state index contributed by atoms with van der Waals surface area (Å²) in [5, 5.41) is 13.2. The van der Waals surface area contributed by atoms with Crippen molar-refractivity contribution in [1.82, 2.24) is 10.3 Å². The van der Waals surface area contributed by atoms with Crippen molar-refractivity contribution in [3.8, 4) is 5.75 Å². The fraction of sp³-hybridized carbons (Fsp3) is 0.158. The first kappa shape index (κ1) is 15.0. The highest BCUT2D eigenvalue weighted by atomic mass is 16.3. The highest BCUT2D eigenvalue weighted by molar-refractivity contribution is 6.06. The lowest BCUT2D eigenvalue weighted by Crippen LogP contribution is -2.27. The fourth-order valence-corrected chi connectivity index (χ4v) is 2.62. The first-order valence-electron chi connectivity index (χ1n) is 7.51. The molecule has 2 N–H and O–H groups in total. The molecule has 0 aliphatic heterocycles. The largest absolute Gasteiger partial charge is 0.508 e. The Bertz CT molecular complexity index is 857. The predicted octanol–water partition coefficient (Wildman–Crippen LogP) is 3.74. The first-order chi connectivity index (χ1) is 11.0. The molecule has 3 rings (SSSR count). The van der Waals surface area contributed by atoms with Gasteiger partial charge in [0.2, 0.25) is 0 Å². The van der Waals surface area contributed by atoms with Gasteiger partial charge in [0.1, 0.15) is 5.75 Å². The number of hydrogen-bond donors (Lipinski definition) is 2. The zero-order valence-corrected chi connectivity index (χ0v) is 13.1. The van der Waals surface area contributed by atoms with Gasteiger partial charge < -0.3 is 10.4 Å². The maximum absolute atomic E-state index is 12.7. The summed E-state index contributed by atoms with van der Waals surface area (Å²) in [4.78, 5) is 17.1. The number of carbonyl (C=O) groups excluding carboxylic acids is 1. The fourth-order valence-electron chi connectivity index (χ4n) is 2.62. The predicted molar refractivity (Wildman–Crippen MR) is 90.5 cm³/mol. The zero-order valence-electron chi connectivity index (χ0n) is 13.1. The van der Waals surface area contributed by atoms with E-state index in [0.717, 1.165) is 22.2 Å². The number of aromatic hydroxyl groups is 1. The van der Waals surface area contributed by atoms with Crippen molar-refractivity contribution in [1.29, 1.82) is 0 Å². The van der Waals surface area contributed by atoms with E-state index >= 15 is 0 Å². The van der Waals surface area contributed by atoms with E-state index in [2.05, 4.69) is 10.3 Å². The molecule has 0 aliphatic carbocycles. The van der Waals surface area contributed by atoms with Crippen LogP contribution in [0.1, 0.15) is 34.6 Å². The van der Waals surface area contributed by atoms with Crippen LogP contribution in [0, 0.1) is 6.92 Å². The molecule has 0 bridgehead atoms. The summed E-state index contributed by atoms with van der Waals surface area (Å²) in [5.41, 5.74) is 3.19. The Morgan fingerprint density at radius 2 is 1.83 bits per heavy atom. The second kappa shape index (κ2) is 6.08. The van der Waals surface area contributed by atoms with Crippen LogP contribution in [-0.2, 0) is 0 Å². The third-order valence-electron chi connectivity index (χ3n) is 3.83. The number of hydrogen-bond acceptors (Lipinski definition) is 3. The highest BCUT2D eigenvalue weighted by Crippen LogP contribution is 2.20. The van der Waals surface area contributed by atoms with Crippen LogP contribution in [0.5, 0.6) is 5.75 Å². The van der Waals surface area contributed by atoms with Crippen LogP contribution in [-0.4, -0.2) is 16.0 Å². The van der Waals surface area contributed by atoms with Gasteiger partial charge in [-0.25, -0.2) is 0 Å². The van der Waals surface area contributed by atoms with Gasteiger partial charge >= 0.3 is 0 Å². The monoisotopic (exact) mass is 306 g/mol. The van der Waals surface area contributed by atoms with Crippen molar-refractivity contribution in [3.63, 3.8) is 0 Å². The van der Waals surface area contributed by atoms with Gasteiger partial charge in [0.05, 0.1) is 17.1 Å². The number of rotatable bonds is 3. The average Bonchev–Trinajstić information content (AvgIpc) is 2.54. The second-order valence-electron chi connectivity index (χ2n) is 5.62. The van der Waals surface area contributed by atoms with E-state index in [1.54, 1.807) is 30.3 Å². The molecular weight excluding hydrogens is 288 g/mol. The molecule has 1 atom stereocenters. The number of nitrogens with one attached hydrogen (secondary N) is 1. The molecule has 0 radical (unpaired) electrons. The molecule has 0 saturated carbocycles. The minimum atomic E-state index is -0.157. The standard InChI is InChI=1S/C19H18N2O2/c1-12-11-17(16-5-3-4-6-18(16)20-12)19(23)21-13(2)14-7-9-15(22)10-8-14/h3-11,13,22H,1-2H3,(H,21,23)/t13-/m0/s1. The van der Waals surface area contributed by atoms with E-state index < -0.39 is 0 Å². The van der Waals surface area contributed by atoms with Gasteiger partial charge in [-0.05, 0) is 43.7 Å². The molecule has 1 amide bonds. The summed E-state index contributed by atoms with van der Waals surface area (Å²) >= 11 is 0. The number of phenols is 1. The number of para-hydroxylation sites is 1. The van der Waals surface area contributed by atoms with Gasteiger partial charge in [-0.2, -0.15) is 0 Å². The first-order valence-corrected chi connectivity index (χ1v) is 7.51. The van der Waals surface area contributed by atoms with E-state index in [4.69, 9.17) is 0 Å². The van der Waals surface area contributed by atoms with Gasteiger partial charge in [-0.3, -0.25) is 9.78 Å². The van der Waals surface area contributed by atoms with Crippen LogP contribution in [0.3, 0.4) is 0 Å². The Morgan fingerprint density at radius 3 is 2.57 bits per heavy atom. The number of amides is 1. The van der Waals surface area contributed by atoms with Crippen molar-refractivity contribution in [2.24, 2.45) is 0 Å². The lowest BCUT2D eigenvalue weighted by molar-refractivity contribution is 0.0941. The Labute approximate surface area is 134 Å². The smallest absolute Gasteiger partial charge is 0.252 e. The third kappa shape index (κ3) is 3.16. The number of phenolic OH excluding ortho intramolecular Hbond substituents is 1. The third-order valence-corrected chi connectivity index (χ3v) is 3.83. The highest BCUT2D eigenvalue weighted by Gasteiger charge is 2.15. The summed E-state index contributed by atoms with van der Waals surface area (Å²) in [5.74, 6) is 0.0790. The van der Waals surface area contributed by atoms with Gasteiger partial charge in [0.25, 0.3) is 5.91 Å². The Balaban J connectivity index is 1.90. The normalized spacial score (nSPS) is 12.1. The van der Waals surface area contributed by atoms with Crippen molar-refractivity contribution in [2.45, 2.75) is 19.9 Å². The molecule has 0 saturated heterocycles. The SMILES string of the molecule is Cc1cc(C(=O)N[C@@H](C)c2ccc(O)cc2)c2ccccc2n1. The molecule has 2 aromatic carbocycles. The molecular formula is C19H18N2O2. The maximum Gasteiger partial charge on any atom is 0.252 e. The van der Waals surface area contributed by atoms with Gasteiger partial charge in [-0.1, -0.05) is 30.3 Å². The Hall–Kier alpha value is -2.88. The molecule has 0 fully saturated rings. The average molecular weight is 306 g/mol. The van der Waals surface area contributed by atoms with E-state index in [0.29, 0.717) is 5.56 Å². The minimum Gasteiger partial charge on any atom is -0.508 e. The molecule has 4 heteroatoms. The van der Waals surface area contributed by atoms with Crippen LogP contribution in [0.4, 0.5) is 0 Å². The number of aromatic nitrogens is 1. The molecule has 0 aliphatic rings. The number of pyridine rings is 1. The molecule has 23 heavy (non-hydrogen) atoms. The summed E-state index contributed by atoms with van der Waals surface area (Å²) in [6, 6.07) is 16.1. The number of benzene rings is 2. The molecule has 0 unspecified atom stereocenters. The summed E-state index contributed by atoms with van der Waals surface area (Å²) in [6.07, 6.45) is 0. The lowest BCUT2D eigenvalue weighted by Gasteiger charge is -2.15. The van der Waals surface area contributed by atoms with Crippen LogP contribution in [0.2, 0.25) is 0 Å². The van der Waals surface area contributed by atoms with Crippen LogP contribution >= 0.6 is 0 Å². The van der Waals surface area contributed by atoms with Crippen molar-refractivity contribution in [3.05, 3.63) is 71.4 Å². The van der Waals surface area contributed by atoms with Gasteiger partial charge in [0, 0.05) is 11.1 Å². The molecule has 3 aromatic rings. The zero-order chi connectivity index (χ0) is 16.4. The molecule has 1 aromatic heterocycles. The number of carbonyl (C=O) groups is 1. The second-order valence-corrected chi connectivity index (χ2v) is 5.62. The molecule has 0 spiro atoms. The maximum atomic E-state index is 12.7. The van der Waals surface area contributed by atoms with E-state index in [-0.39, 0.29) is 17.7 Å². The van der Waals surface area contributed by atoms with Crippen LogP contribution < -0.4 is 5.32 Å². The molecule has 116 valence electrons. The Kier molecular flexibility index (Phi) is 3.98. The Morgan fingerprint density at radius 1 is 1.13 bits per heavy atom. The summed E-state index contributed by atoms with van der Waals surface area (Å²) < 4.78 is 0. The molecule has 1 heterocycles. The summed E-state index contributed by atoms with van der Waals surface area (Å²) in [7, 11) is 0. The van der Waals surface area contributed by atoms with E-state index in [9.17, 15) is 9.90 Å². The van der Waals surface area contributed by atoms with E-state index in [1.807, 2.05) is 38.1 Å². The van der Waals surface area contributed by atoms with E-state index in [1.165, 1.54) is 0 Å². The number of nitrogens with zero attached hydrogens (tertiary/aromatic N) is 1. The quantitative estimate of drug-likeness (QED) is 0.775. The number of aryl methyl sites for hydroxylation is 1. The lowest BCUT2D eigenvalue weighted by atomic mass is 10.0. The van der Waals surface area contributed by atoms with Crippen molar-refractivity contribution < 1.29 is 9.90 Å². The van der Waals surface area contributed by atoms with Crippen molar-refractivity contribution in [2.75, 3.05) is 0 Å². The van der Waals surface area contributed by atoms with Crippen LogP contribution in [0.15, 0.2) is 54.6 Å². The topological polar surface area (TPSA) is 62.2 Å².